The second-order valence-electron chi connectivity index (χ2n) is 1.49. The minimum absolute atomic E-state index is 0. The van der Waals surface area contributed by atoms with E-state index in [-0.39, 0.29) is 17.4 Å². The number of rotatable bonds is 0. The third-order valence-corrected chi connectivity index (χ3v) is 0.918. The van der Waals surface area contributed by atoms with Crippen LogP contribution in [0.2, 0.25) is 0 Å². The van der Waals surface area contributed by atoms with Crippen molar-refractivity contribution in [2.24, 2.45) is 0 Å². The molecule has 0 saturated carbocycles. The fraction of sp³-hybridized carbons (Fsp3) is 0.167. The second-order valence-corrected chi connectivity index (χ2v) is 1.49. The first-order valence-corrected chi connectivity index (χ1v) is 3.82. The van der Waals surface area contributed by atoms with E-state index in [9.17, 15) is 0 Å². The predicted molar refractivity (Wildman–Crippen MR) is 60.5 cm³/mol. The maximum absolute atomic E-state index is 6.69. The zero-order valence-corrected chi connectivity index (χ0v) is 9.53. The topological polar surface area (TPSA) is 0 Å². The van der Waals surface area contributed by atoms with Crippen molar-refractivity contribution in [2.75, 3.05) is 0 Å². The molecule has 1 aromatic carbocycles. The van der Waals surface area contributed by atoms with Crippen LogP contribution in [0.5, 0.6) is 0 Å². The van der Waals surface area contributed by atoms with Crippen LogP contribution in [0.15, 0.2) is 30.3 Å². The smallest absolute Gasteiger partial charge is 0.366 e. The molecule has 0 unspecified atom stereocenters. The van der Waals surface area contributed by atoms with Crippen molar-refractivity contribution in [1.82, 2.24) is 0 Å². The van der Waals surface area contributed by atoms with Crippen LogP contribution in [0.4, 0.5) is 0 Å². The first-order chi connectivity index (χ1) is 5.93. The van der Waals surface area contributed by atoms with Crippen LogP contribution in [0, 0.1) is 26.2 Å². The molecule has 0 heterocycles. The van der Waals surface area contributed by atoms with Gasteiger partial charge in [0.2, 0.25) is 0 Å². The first kappa shape index (κ1) is 18.2. The van der Waals surface area contributed by atoms with Crippen molar-refractivity contribution in [2.45, 2.75) is 13.8 Å². The molecule has 0 radical (unpaired) electrons. The van der Waals surface area contributed by atoms with Gasteiger partial charge in [-0.25, -0.2) is 0 Å². The number of benzene rings is 1. The second kappa shape index (κ2) is 17.4. The summed E-state index contributed by atoms with van der Waals surface area (Å²) in [5.41, 5.74) is 0.826. The molecule has 0 fully saturated rings. The minimum Gasteiger partial charge on any atom is -0.366 e. The summed E-state index contributed by atoms with van der Waals surface area (Å²) >= 11 is 0. The molecule has 0 N–H and O–H groups in total. The van der Waals surface area contributed by atoms with Gasteiger partial charge in [0.05, 0.1) is 0 Å². The van der Waals surface area contributed by atoms with E-state index in [4.69, 9.17) is 6.42 Å². The van der Waals surface area contributed by atoms with Crippen LogP contribution in [0.1, 0.15) is 19.4 Å². The van der Waals surface area contributed by atoms with Gasteiger partial charge in [0, 0.05) is 0 Å². The molecule has 1 aromatic rings. The molecule has 1 heteroatoms. The Labute approximate surface area is 93.5 Å². The van der Waals surface area contributed by atoms with Crippen LogP contribution in [0.3, 0.4) is 0 Å². The summed E-state index contributed by atoms with van der Waals surface area (Å²) in [4.78, 5) is 0. The van der Waals surface area contributed by atoms with Crippen molar-refractivity contribution < 1.29 is 0 Å². The molecule has 0 spiro atoms. The van der Waals surface area contributed by atoms with Gasteiger partial charge < -0.3 is 20.3 Å². The fourth-order valence-electron chi connectivity index (χ4n) is 0.521. The molecule has 13 heavy (non-hydrogen) atoms. The van der Waals surface area contributed by atoms with Crippen molar-refractivity contribution in [3.63, 3.8) is 0 Å². The Bertz CT molecular complexity index is 196. The van der Waals surface area contributed by atoms with Gasteiger partial charge >= 0.3 is 17.4 Å². The molecule has 0 aliphatic carbocycles. The van der Waals surface area contributed by atoms with Gasteiger partial charge in [0.15, 0.2) is 0 Å². The van der Waals surface area contributed by atoms with E-state index in [1.165, 1.54) is 0 Å². The van der Waals surface area contributed by atoms with Gasteiger partial charge in [0.1, 0.15) is 0 Å². The van der Waals surface area contributed by atoms with Crippen molar-refractivity contribution >= 4 is 17.4 Å². The van der Waals surface area contributed by atoms with Crippen molar-refractivity contribution in [1.29, 1.82) is 0 Å². The summed E-state index contributed by atoms with van der Waals surface area (Å²) in [6.45, 7) is 10.0. The quantitative estimate of drug-likeness (QED) is 0.332. The SMILES string of the molecule is [Al+3].[C-]#Cc1ccccc1.[CH2-]C.[CH2-]C. The van der Waals surface area contributed by atoms with Gasteiger partial charge in [0.25, 0.3) is 0 Å². The van der Waals surface area contributed by atoms with Crippen LogP contribution in [-0.2, 0) is 0 Å². The first-order valence-electron chi connectivity index (χ1n) is 3.82. The summed E-state index contributed by atoms with van der Waals surface area (Å²) in [5.74, 6) is 2.28. The summed E-state index contributed by atoms with van der Waals surface area (Å²) in [6.07, 6.45) is 6.69. The fourth-order valence-corrected chi connectivity index (χ4v) is 0.521. The minimum atomic E-state index is 0. The molecule has 0 aliphatic rings. The molecule has 0 nitrogen and oxygen atoms in total. The third-order valence-electron chi connectivity index (χ3n) is 0.918. The van der Waals surface area contributed by atoms with Gasteiger partial charge in [-0.15, -0.1) is 17.7 Å². The van der Waals surface area contributed by atoms with E-state index in [1.54, 1.807) is 13.8 Å². The summed E-state index contributed by atoms with van der Waals surface area (Å²) in [7, 11) is 0. The Morgan fingerprint density at radius 2 is 1.38 bits per heavy atom. The van der Waals surface area contributed by atoms with Gasteiger partial charge in [-0.1, -0.05) is 18.2 Å². The molecule has 0 amide bonds. The van der Waals surface area contributed by atoms with Crippen LogP contribution in [0.25, 0.3) is 0 Å². The van der Waals surface area contributed by atoms with Crippen molar-refractivity contribution in [3.05, 3.63) is 56.2 Å². The van der Waals surface area contributed by atoms with Gasteiger partial charge in [-0.05, 0) is 0 Å². The van der Waals surface area contributed by atoms with Gasteiger partial charge in [-0.3, -0.25) is 5.92 Å². The molecular weight excluding hydrogens is 171 g/mol. The van der Waals surface area contributed by atoms with Crippen molar-refractivity contribution in [3.8, 4) is 5.92 Å². The van der Waals surface area contributed by atoms with Crippen LogP contribution in [-0.4, -0.2) is 17.4 Å². The molecule has 0 atom stereocenters. The van der Waals surface area contributed by atoms with E-state index in [1.807, 2.05) is 30.3 Å². The molecule has 0 aliphatic heterocycles. The summed E-state index contributed by atoms with van der Waals surface area (Å²) in [6, 6.07) is 9.37. The number of hydrogen-bond acceptors (Lipinski definition) is 0. The van der Waals surface area contributed by atoms with E-state index in [0.717, 1.165) is 5.56 Å². The van der Waals surface area contributed by atoms with Crippen LogP contribution < -0.4 is 0 Å². The van der Waals surface area contributed by atoms with Gasteiger partial charge in [-0.2, -0.15) is 13.8 Å². The zero-order chi connectivity index (χ0) is 9.82. The molecule has 0 bridgehead atoms. The van der Waals surface area contributed by atoms with Crippen LogP contribution >= 0.6 is 0 Å². The normalized spacial score (nSPS) is 5.77. The third kappa shape index (κ3) is 11.3. The molecular formula is C12H15Al. The Hall–Kier alpha value is -0.688. The van der Waals surface area contributed by atoms with E-state index < -0.39 is 0 Å². The average molecular weight is 186 g/mol. The maximum Gasteiger partial charge on any atom is 3.00 e. The summed E-state index contributed by atoms with van der Waals surface area (Å²) < 4.78 is 0. The molecule has 0 aromatic heterocycles. The largest absolute Gasteiger partial charge is 3.00 e. The molecule has 1 rings (SSSR count). The van der Waals surface area contributed by atoms with E-state index in [0.29, 0.717) is 0 Å². The Morgan fingerprint density at radius 1 is 1.00 bits per heavy atom. The van der Waals surface area contributed by atoms with E-state index >= 15 is 0 Å². The monoisotopic (exact) mass is 186 g/mol. The molecule has 0 saturated heterocycles. The Kier molecular flexibility index (Phi) is 24.3. The Balaban J connectivity index is -0.000000178. The maximum atomic E-state index is 6.69. The Morgan fingerprint density at radius 3 is 1.62 bits per heavy atom. The standard InChI is InChI=1S/C8H5.2C2H5.Al/c1-2-8-6-4-3-5-7-8;2*1-2;/h3-7H;2*1H2,2H3;/q3*-1;+3. The zero-order valence-electron chi connectivity index (χ0n) is 8.38. The average Bonchev–Trinajstić information content (AvgIpc) is 2.25. The molecule has 66 valence electrons. The summed E-state index contributed by atoms with van der Waals surface area (Å²) in [5, 5.41) is 0. The van der Waals surface area contributed by atoms with E-state index in [2.05, 4.69) is 19.8 Å². The number of hydrogen-bond donors (Lipinski definition) is 0. The predicted octanol–water partition coefficient (Wildman–Crippen LogP) is 2.92.